The van der Waals surface area contributed by atoms with Crippen LogP contribution in [0.4, 0.5) is 0 Å². The van der Waals surface area contributed by atoms with Gasteiger partial charge in [0.15, 0.2) is 9.75 Å². The van der Waals surface area contributed by atoms with Crippen LogP contribution in [0, 0.1) is 17.8 Å². The van der Waals surface area contributed by atoms with Crippen LogP contribution in [-0.4, -0.2) is 79.6 Å². The van der Waals surface area contributed by atoms with E-state index in [2.05, 4.69) is 15.9 Å². The van der Waals surface area contributed by atoms with Crippen LogP contribution in [-0.2, 0) is 25.6 Å². The minimum absolute atomic E-state index is 0.113. The topological polar surface area (TPSA) is 134 Å². The Kier molecular flexibility index (Phi) is 7.65. The maximum atomic E-state index is 14.0. The number of imide groups is 2. The summed E-state index contributed by atoms with van der Waals surface area (Å²) in [6, 6.07) is 9.41. The van der Waals surface area contributed by atoms with Gasteiger partial charge in [-0.3, -0.25) is 29.0 Å². The second-order valence-corrected chi connectivity index (χ2v) is 13.2. The molecule has 2 aliphatic heterocycles. The number of benzene rings is 2. The van der Waals surface area contributed by atoms with E-state index in [-0.39, 0.29) is 59.3 Å². The zero-order chi connectivity index (χ0) is 31.7. The number of hydrogen-bond donors (Lipinski definition) is 2. The van der Waals surface area contributed by atoms with Gasteiger partial charge in [0.2, 0.25) is 11.8 Å². The number of phenols is 2. The number of likely N-dealkylation sites (tertiary alicyclic amines) is 2. The fraction of sp³-hybridized carbons (Fsp3) is 0.419. The highest BCUT2D eigenvalue weighted by molar-refractivity contribution is 9.09. The van der Waals surface area contributed by atoms with E-state index in [1.54, 1.807) is 30.3 Å². The van der Waals surface area contributed by atoms with Crippen molar-refractivity contribution < 1.29 is 38.9 Å². The van der Waals surface area contributed by atoms with E-state index in [0.717, 1.165) is 10.5 Å². The molecule has 1 saturated carbocycles. The maximum absolute atomic E-state index is 14.0. The van der Waals surface area contributed by atoms with E-state index in [1.165, 1.54) is 31.3 Å². The van der Waals surface area contributed by atoms with Gasteiger partial charge in [-0.2, -0.15) is 0 Å². The lowest BCUT2D eigenvalue weighted by atomic mass is 9.56. The van der Waals surface area contributed by atoms with Gasteiger partial charge < -0.3 is 19.7 Å². The van der Waals surface area contributed by atoms with Gasteiger partial charge in [-0.25, -0.2) is 0 Å². The summed E-state index contributed by atoms with van der Waals surface area (Å²) in [5, 5.41) is 20.9. The molecule has 2 saturated heterocycles. The molecule has 2 aliphatic carbocycles. The normalized spacial score (nSPS) is 31.1. The Hall–Kier alpha value is -3.28. The number of phenolic OH excluding ortho intramolecular Hbond substituents is 2. The van der Waals surface area contributed by atoms with Crippen molar-refractivity contribution >= 4 is 62.8 Å². The third-order valence-electron chi connectivity index (χ3n) is 9.50. The Morgan fingerprint density at radius 1 is 0.955 bits per heavy atom. The summed E-state index contributed by atoms with van der Waals surface area (Å²) in [6.45, 7) is 0.133. The van der Waals surface area contributed by atoms with Crippen LogP contribution < -0.4 is 9.47 Å². The fourth-order valence-corrected chi connectivity index (χ4v) is 8.83. The van der Waals surface area contributed by atoms with E-state index >= 15 is 0 Å². The van der Waals surface area contributed by atoms with E-state index in [9.17, 15) is 29.4 Å². The molecule has 4 aliphatic rings. The number of rotatable bonds is 7. The zero-order valence-corrected chi connectivity index (χ0v) is 26.9. The van der Waals surface area contributed by atoms with Crippen molar-refractivity contribution in [3.63, 3.8) is 0 Å². The quantitative estimate of drug-likeness (QED) is 0.191. The molecule has 0 spiro atoms. The van der Waals surface area contributed by atoms with E-state index in [4.69, 9.17) is 32.7 Å². The van der Waals surface area contributed by atoms with Crippen molar-refractivity contribution in [1.82, 2.24) is 9.80 Å². The third kappa shape index (κ3) is 4.19. The summed E-state index contributed by atoms with van der Waals surface area (Å²) in [4.78, 5) is 53.6. The first-order valence-electron chi connectivity index (χ1n) is 14.0. The Morgan fingerprint density at radius 3 is 2.30 bits per heavy atom. The Bertz CT molecular complexity index is 1620. The number of halogens is 3. The van der Waals surface area contributed by atoms with Crippen molar-refractivity contribution in [2.45, 2.75) is 34.9 Å². The van der Waals surface area contributed by atoms with Gasteiger partial charge in [0, 0.05) is 30.2 Å². The molecule has 232 valence electrons. The summed E-state index contributed by atoms with van der Waals surface area (Å²) in [6.07, 6.45) is 2.21. The minimum Gasteiger partial charge on any atom is -0.508 e. The highest BCUT2D eigenvalue weighted by Crippen LogP contribution is 2.67. The number of fused-ring (bicyclic) bond motifs is 4. The Labute approximate surface area is 271 Å². The van der Waals surface area contributed by atoms with Crippen molar-refractivity contribution in [3.05, 3.63) is 59.2 Å². The molecule has 10 nitrogen and oxygen atoms in total. The van der Waals surface area contributed by atoms with Crippen LogP contribution in [0.25, 0.3) is 0 Å². The van der Waals surface area contributed by atoms with E-state index in [1.807, 2.05) is 0 Å². The SMILES string of the molecule is COc1cc(O)c(C2C3=CCC4C(=O)N(CCc5ccc(O)cc5)C(=O)C4C3CC3(Cl)C(=O)N(CBr)C(=O)C23Cl)c(OC)c1. The largest absolute Gasteiger partial charge is 0.508 e. The zero-order valence-electron chi connectivity index (χ0n) is 23.8. The third-order valence-corrected chi connectivity index (χ3v) is 11.4. The second-order valence-electron chi connectivity index (χ2n) is 11.5. The summed E-state index contributed by atoms with van der Waals surface area (Å²) < 4.78 is 10.9. The molecule has 6 rings (SSSR count). The first-order valence-corrected chi connectivity index (χ1v) is 15.9. The summed E-state index contributed by atoms with van der Waals surface area (Å²) in [5.74, 6) is -5.40. The monoisotopic (exact) mass is 706 g/mol. The van der Waals surface area contributed by atoms with Crippen LogP contribution in [0.5, 0.6) is 23.0 Å². The molecule has 6 unspecified atom stereocenters. The van der Waals surface area contributed by atoms with Crippen molar-refractivity contribution in [1.29, 1.82) is 0 Å². The van der Waals surface area contributed by atoms with Gasteiger partial charge in [0.1, 0.15) is 23.0 Å². The average Bonchev–Trinajstić information content (AvgIpc) is 3.34. The van der Waals surface area contributed by atoms with Crippen LogP contribution in [0.1, 0.15) is 29.9 Å². The van der Waals surface area contributed by atoms with Crippen molar-refractivity contribution in [3.8, 4) is 23.0 Å². The van der Waals surface area contributed by atoms with Crippen LogP contribution >= 0.6 is 39.1 Å². The van der Waals surface area contributed by atoms with Gasteiger partial charge in [-0.05, 0) is 42.9 Å². The first kappa shape index (κ1) is 30.7. The number of nitrogens with zero attached hydrogens (tertiary/aromatic N) is 2. The van der Waals surface area contributed by atoms with Gasteiger partial charge >= 0.3 is 0 Å². The molecule has 44 heavy (non-hydrogen) atoms. The van der Waals surface area contributed by atoms with Crippen molar-refractivity contribution in [2.75, 3.05) is 26.2 Å². The average molecular weight is 708 g/mol. The summed E-state index contributed by atoms with van der Waals surface area (Å²) in [5.41, 5.74) is 1.34. The van der Waals surface area contributed by atoms with Crippen LogP contribution in [0.2, 0.25) is 0 Å². The first-order chi connectivity index (χ1) is 20.9. The number of carbonyl (C=O) groups excluding carboxylic acids is 4. The molecule has 6 atom stereocenters. The number of alkyl halides is 3. The fourth-order valence-electron chi connectivity index (χ4n) is 7.42. The molecular formula is C31H29BrCl2N2O8. The van der Waals surface area contributed by atoms with Gasteiger partial charge in [-0.1, -0.05) is 39.7 Å². The number of methoxy groups -OCH3 is 2. The predicted molar refractivity (Wildman–Crippen MR) is 163 cm³/mol. The summed E-state index contributed by atoms with van der Waals surface area (Å²) >= 11 is 17.7. The molecule has 2 aromatic carbocycles. The molecule has 3 fully saturated rings. The smallest absolute Gasteiger partial charge is 0.254 e. The van der Waals surface area contributed by atoms with E-state index in [0.29, 0.717) is 12.0 Å². The highest BCUT2D eigenvalue weighted by atomic mass is 79.9. The molecule has 2 heterocycles. The molecular weight excluding hydrogens is 679 g/mol. The highest BCUT2D eigenvalue weighted by Gasteiger charge is 2.76. The number of allylic oxidation sites excluding steroid dienone is 2. The van der Waals surface area contributed by atoms with E-state index < -0.39 is 51.1 Å². The number of ether oxygens (including phenoxy) is 2. The predicted octanol–water partition coefficient (Wildman–Crippen LogP) is 4.07. The maximum Gasteiger partial charge on any atom is 0.254 e. The molecule has 13 heteroatoms. The second kappa shape index (κ2) is 11.0. The molecule has 4 amide bonds. The van der Waals surface area contributed by atoms with Gasteiger partial charge in [-0.15, -0.1) is 23.2 Å². The number of aromatic hydroxyl groups is 2. The molecule has 0 bridgehead atoms. The lowest BCUT2D eigenvalue weighted by molar-refractivity contribution is -0.141. The standard InChI is InChI=1S/C31H29BrCl2N2O8/c1-43-17-11-21(38)24(22(12-17)44-2)25-18-7-8-19-23(20(18)13-30(33)28(41)36(14-32)29(42)31(25,30)34)27(40)35(26(19)39)10-9-15-3-5-16(37)6-4-15/h3-7,11-12,19-20,23,25,37-38H,8-10,13-14H2,1-2H3. The lowest BCUT2D eigenvalue weighted by Crippen LogP contribution is -2.60. The number of carbonyl (C=O) groups is 4. The number of hydrogen-bond acceptors (Lipinski definition) is 8. The lowest BCUT2D eigenvalue weighted by Gasteiger charge is -2.51. The molecule has 2 N–H and O–H groups in total. The minimum atomic E-state index is -2.09. The molecule has 0 radical (unpaired) electrons. The number of amides is 4. The Balaban J connectivity index is 1.46. The summed E-state index contributed by atoms with van der Waals surface area (Å²) in [7, 11) is 2.81. The van der Waals surface area contributed by atoms with Crippen LogP contribution in [0.3, 0.4) is 0 Å². The van der Waals surface area contributed by atoms with Gasteiger partial charge in [0.25, 0.3) is 11.8 Å². The van der Waals surface area contributed by atoms with Gasteiger partial charge in [0.05, 0.1) is 31.5 Å². The molecule has 0 aromatic heterocycles. The molecule has 2 aromatic rings. The van der Waals surface area contributed by atoms with Crippen LogP contribution in [0.15, 0.2) is 48.0 Å². The Morgan fingerprint density at radius 2 is 1.66 bits per heavy atom. The van der Waals surface area contributed by atoms with Crippen molar-refractivity contribution in [2.24, 2.45) is 17.8 Å².